The number of fused-ring (bicyclic) bond motifs is 1. The van der Waals surface area contributed by atoms with Crippen molar-refractivity contribution >= 4 is 17.2 Å². The van der Waals surface area contributed by atoms with Gasteiger partial charge < -0.3 is 14.6 Å². The maximum atomic E-state index is 12.3. The summed E-state index contributed by atoms with van der Waals surface area (Å²) in [7, 11) is 0. The second-order valence-corrected chi connectivity index (χ2v) is 7.82. The Morgan fingerprint density at radius 2 is 2.38 bits per heavy atom. The lowest BCUT2D eigenvalue weighted by molar-refractivity contribution is -0.0211. The number of ether oxygens (including phenoxy) is 1. The second kappa shape index (κ2) is 6.66. The first-order chi connectivity index (χ1) is 11.7. The number of amides is 1. The van der Waals surface area contributed by atoms with Gasteiger partial charge in [-0.2, -0.15) is 0 Å². The van der Waals surface area contributed by atoms with E-state index in [0.717, 1.165) is 32.5 Å². The molecule has 0 unspecified atom stereocenters. The molecule has 2 aliphatic rings. The van der Waals surface area contributed by atoms with Crippen LogP contribution >= 0.6 is 11.3 Å². The number of carbonyl (C=O) groups excluding carboxylic acids is 1. The van der Waals surface area contributed by atoms with Crippen molar-refractivity contribution in [2.45, 2.75) is 44.5 Å². The quantitative estimate of drug-likeness (QED) is 0.918. The number of hydrogen-bond acceptors (Lipinski definition) is 6. The van der Waals surface area contributed by atoms with Gasteiger partial charge in [-0.15, -0.1) is 11.3 Å². The fourth-order valence-corrected chi connectivity index (χ4v) is 4.62. The Kier molecular flexibility index (Phi) is 4.39. The van der Waals surface area contributed by atoms with Crippen LogP contribution in [-0.4, -0.2) is 47.3 Å². The summed E-state index contributed by atoms with van der Waals surface area (Å²) in [5, 5.41) is 6.66. The van der Waals surface area contributed by atoms with Crippen molar-refractivity contribution in [2.75, 3.05) is 13.2 Å². The molecular formula is C17H21N3O3S. The third-order valence-corrected chi connectivity index (χ3v) is 5.75. The van der Waals surface area contributed by atoms with Gasteiger partial charge in [0, 0.05) is 41.6 Å². The second-order valence-electron chi connectivity index (χ2n) is 6.44. The summed E-state index contributed by atoms with van der Waals surface area (Å²) in [6.45, 7) is 4.61. The van der Waals surface area contributed by atoms with Crippen molar-refractivity contribution in [3.8, 4) is 0 Å². The Bertz CT molecular complexity index is 700. The minimum atomic E-state index is -0.223. The van der Waals surface area contributed by atoms with Gasteiger partial charge in [0.25, 0.3) is 5.91 Å². The van der Waals surface area contributed by atoms with Gasteiger partial charge >= 0.3 is 0 Å². The van der Waals surface area contributed by atoms with Crippen LogP contribution in [0.5, 0.6) is 0 Å². The van der Waals surface area contributed by atoms with E-state index in [1.54, 1.807) is 6.07 Å². The van der Waals surface area contributed by atoms with Crippen molar-refractivity contribution in [3.05, 3.63) is 39.9 Å². The molecule has 6 nitrogen and oxygen atoms in total. The number of hydrogen-bond donors (Lipinski definition) is 1. The van der Waals surface area contributed by atoms with Gasteiger partial charge in [0.1, 0.15) is 0 Å². The predicted octanol–water partition coefficient (Wildman–Crippen LogP) is 2.21. The molecule has 0 spiro atoms. The molecule has 0 radical (unpaired) electrons. The summed E-state index contributed by atoms with van der Waals surface area (Å²) >= 11 is 1.83. The van der Waals surface area contributed by atoms with Crippen molar-refractivity contribution in [2.24, 2.45) is 0 Å². The SMILES string of the molecule is Cc1ccc(CN2C[C@@H](NC(=O)c3ccno3)[C@@H]3OCCC[C@@H]32)s1. The van der Waals surface area contributed by atoms with Gasteiger partial charge in [0.2, 0.25) is 5.76 Å². The minimum absolute atomic E-state index is 0.0195. The first kappa shape index (κ1) is 15.8. The number of thiophene rings is 1. The molecule has 1 N–H and O–H groups in total. The average Bonchev–Trinajstić information content (AvgIpc) is 3.30. The summed E-state index contributed by atoms with van der Waals surface area (Å²) in [4.78, 5) is 17.4. The molecule has 0 aliphatic carbocycles. The third-order valence-electron chi connectivity index (χ3n) is 4.76. The van der Waals surface area contributed by atoms with Crippen LogP contribution < -0.4 is 5.32 Å². The zero-order valence-corrected chi connectivity index (χ0v) is 14.4. The van der Waals surface area contributed by atoms with Crippen molar-refractivity contribution < 1.29 is 14.1 Å². The lowest BCUT2D eigenvalue weighted by Crippen LogP contribution is -2.47. The van der Waals surface area contributed by atoms with Crippen molar-refractivity contribution in [1.82, 2.24) is 15.4 Å². The Morgan fingerprint density at radius 1 is 1.46 bits per heavy atom. The number of aryl methyl sites for hydroxylation is 1. The predicted molar refractivity (Wildman–Crippen MR) is 90.0 cm³/mol. The Morgan fingerprint density at radius 3 is 3.12 bits per heavy atom. The molecule has 0 saturated carbocycles. The highest BCUT2D eigenvalue weighted by Crippen LogP contribution is 2.31. The van der Waals surface area contributed by atoms with Gasteiger partial charge in [0.15, 0.2) is 0 Å². The molecule has 128 valence electrons. The van der Waals surface area contributed by atoms with Crippen LogP contribution in [0.15, 0.2) is 28.9 Å². The molecular weight excluding hydrogens is 326 g/mol. The molecule has 2 aromatic rings. The standard InChI is InChI=1S/C17H21N3O3S/c1-11-4-5-12(24-11)9-20-10-13(16-14(20)3-2-8-22-16)19-17(21)15-6-7-18-23-15/h4-7,13-14,16H,2-3,8-10H2,1H3,(H,19,21)/t13-,14+,16+/m1/s1. The smallest absolute Gasteiger partial charge is 0.290 e. The highest BCUT2D eigenvalue weighted by molar-refractivity contribution is 7.11. The van der Waals surface area contributed by atoms with Gasteiger partial charge in [-0.3, -0.25) is 9.69 Å². The number of nitrogens with one attached hydrogen (secondary N) is 1. The fourth-order valence-electron chi connectivity index (χ4n) is 3.71. The van der Waals surface area contributed by atoms with E-state index in [1.807, 2.05) is 11.3 Å². The van der Waals surface area contributed by atoms with E-state index < -0.39 is 0 Å². The number of rotatable bonds is 4. The van der Waals surface area contributed by atoms with E-state index in [1.165, 1.54) is 16.0 Å². The summed E-state index contributed by atoms with van der Waals surface area (Å²) in [5.74, 6) is 0.0222. The zero-order valence-electron chi connectivity index (χ0n) is 13.6. The Balaban J connectivity index is 1.47. The molecule has 2 saturated heterocycles. The molecule has 7 heteroatoms. The summed E-state index contributed by atoms with van der Waals surface area (Å²) in [6, 6.07) is 6.28. The van der Waals surface area contributed by atoms with Gasteiger partial charge in [-0.25, -0.2) is 0 Å². The molecule has 0 aromatic carbocycles. The molecule has 24 heavy (non-hydrogen) atoms. The zero-order chi connectivity index (χ0) is 16.5. The monoisotopic (exact) mass is 347 g/mol. The van der Waals surface area contributed by atoms with Gasteiger partial charge in [-0.05, 0) is 31.9 Å². The van der Waals surface area contributed by atoms with E-state index in [4.69, 9.17) is 9.26 Å². The molecule has 4 heterocycles. The first-order valence-corrected chi connectivity index (χ1v) is 9.15. The lowest BCUT2D eigenvalue weighted by Gasteiger charge is -2.32. The number of carbonyl (C=O) groups is 1. The molecule has 2 fully saturated rings. The van der Waals surface area contributed by atoms with Crippen molar-refractivity contribution in [3.63, 3.8) is 0 Å². The van der Waals surface area contributed by atoms with Crippen LogP contribution in [0.2, 0.25) is 0 Å². The maximum Gasteiger partial charge on any atom is 0.290 e. The normalized spacial score (nSPS) is 27.1. The number of aromatic nitrogens is 1. The lowest BCUT2D eigenvalue weighted by atomic mass is 10.0. The van der Waals surface area contributed by atoms with Crippen molar-refractivity contribution in [1.29, 1.82) is 0 Å². The molecule has 0 bridgehead atoms. The summed E-state index contributed by atoms with van der Waals surface area (Å²) in [5.41, 5.74) is 0. The third kappa shape index (κ3) is 3.11. The van der Waals surface area contributed by atoms with Crippen LogP contribution in [-0.2, 0) is 11.3 Å². The molecule has 1 amide bonds. The summed E-state index contributed by atoms with van der Waals surface area (Å²) < 4.78 is 11.0. The molecule has 2 aromatic heterocycles. The van der Waals surface area contributed by atoms with Crippen LogP contribution in [0.25, 0.3) is 0 Å². The maximum absolute atomic E-state index is 12.3. The topological polar surface area (TPSA) is 67.6 Å². The average molecular weight is 347 g/mol. The highest BCUT2D eigenvalue weighted by Gasteiger charge is 2.44. The van der Waals surface area contributed by atoms with Crippen LogP contribution in [0.3, 0.4) is 0 Å². The summed E-state index contributed by atoms with van der Waals surface area (Å²) in [6.07, 6.45) is 3.72. The number of likely N-dealkylation sites (tertiary alicyclic amines) is 1. The molecule has 3 atom stereocenters. The van der Waals surface area contributed by atoms with Crippen LogP contribution in [0.4, 0.5) is 0 Å². The van der Waals surface area contributed by atoms with E-state index in [-0.39, 0.29) is 23.8 Å². The first-order valence-electron chi connectivity index (χ1n) is 8.33. The largest absolute Gasteiger partial charge is 0.374 e. The Hall–Kier alpha value is -1.70. The molecule has 4 rings (SSSR count). The van der Waals surface area contributed by atoms with E-state index in [2.05, 4.69) is 34.4 Å². The Labute approximate surface area is 144 Å². The minimum Gasteiger partial charge on any atom is -0.374 e. The fraction of sp³-hybridized carbons (Fsp3) is 0.529. The van der Waals surface area contributed by atoms with E-state index >= 15 is 0 Å². The molecule has 2 aliphatic heterocycles. The van der Waals surface area contributed by atoms with Gasteiger partial charge in [0.05, 0.1) is 18.3 Å². The van der Waals surface area contributed by atoms with E-state index in [0.29, 0.717) is 6.04 Å². The van der Waals surface area contributed by atoms with Crippen LogP contribution in [0.1, 0.15) is 33.2 Å². The number of nitrogens with zero attached hydrogens (tertiary/aromatic N) is 2. The van der Waals surface area contributed by atoms with Crippen LogP contribution in [0, 0.1) is 6.92 Å². The van der Waals surface area contributed by atoms with Gasteiger partial charge in [-0.1, -0.05) is 5.16 Å². The van der Waals surface area contributed by atoms with E-state index in [9.17, 15) is 4.79 Å². The highest BCUT2D eigenvalue weighted by atomic mass is 32.1.